The van der Waals surface area contributed by atoms with Crippen molar-refractivity contribution in [3.05, 3.63) is 77.9 Å². The van der Waals surface area contributed by atoms with Crippen LogP contribution in [-0.4, -0.2) is 5.11 Å². The first-order chi connectivity index (χ1) is 7.86. The Kier molecular flexibility index (Phi) is 3.52. The maximum Gasteiger partial charge on any atom is 0.0975 e. The van der Waals surface area contributed by atoms with Crippen LogP contribution in [0.15, 0.2) is 66.7 Å². The summed E-state index contributed by atoms with van der Waals surface area (Å²) in [6.45, 7) is 0. The summed E-state index contributed by atoms with van der Waals surface area (Å²) in [5.41, 5.74) is 2.01. The van der Waals surface area contributed by atoms with E-state index in [4.69, 9.17) is 0 Å². The van der Waals surface area contributed by atoms with Gasteiger partial charge in [-0.25, -0.2) is 0 Å². The summed E-state index contributed by atoms with van der Waals surface area (Å²) in [7, 11) is 0. The Morgan fingerprint density at radius 3 is 2.00 bits per heavy atom. The molecule has 0 aromatic heterocycles. The molecule has 0 radical (unpaired) electrons. The van der Waals surface area contributed by atoms with Gasteiger partial charge in [-0.3, -0.25) is 0 Å². The van der Waals surface area contributed by atoms with Gasteiger partial charge in [-0.2, -0.15) is 0 Å². The highest BCUT2D eigenvalue weighted by molar-refractivity contribution is 5.49. The SMILES string of the molecule is OC(/C=C\c1ccccc1)c1ccccc1. The van der Waals surface area contributed by atoms with Gasteiger partial charge in [-0.1, -0.05) is 72.8 Å². The third-order valence-corrected chi connectivity index (χ3v) is 2.41. The van der Waals surface area contributed by atoms with Gasteiger partial charge < -0.3 is 5.11 Å². The molecule has 2 aromatic rings. The zero-order valence-electron chi connectivity index (χ0n) is 8.95. The van der Waals surface area contributed by atoms with Gasteiger partial charge in [0.2, 0.25) is 0 Å². The number of aliphatic hydroxyl groups is 1. The molecule has 0 heterocycles. The first-order valence-electron chi connectivity index (χ1n) is 5.32. The number of hydrogen-bond acceptors (Lipinski definition) is 1. The van der Waals surface area contributed by atoms with Crippen LogP contribution in [-0.2, 0) is 0 Å². The van der Waals surface area contributed by atoms with Gasteiger partial charge in [0.1, 0.15) is 0 Å². The summed E-state index contributed by atoms with van der Waals surface area (Å²) < 4.78 is 0. The first-order valence-corrected chi connectivity index (χ1v) is 5.32. The van der Waals surface area contributed by atoms with E-state index in [9.17, 15) is 5.11 Å². The normalized spacial score (nSPS) is 12.8. The summed E-state index contributed by atoms with van der Waals surface area (Å²) in [4.78, 5) is 0. The van der Waals surface area contributed by atoms with E-state index in [2.05, 4.69) is 0 Å². The standard InChI is InChI=1S/C15H14O/c16-15(14-9-5-2-6-10-14)12-11-13-7-3-1-4-8-13/h1-12,15-16H/b12-11-. The maximum atomic E-state index is 9.90. The molecule has 1 unspecified atom stereocenters. The Morgan fingerprint density at radius 1 is 0.812 bits per heavy atom. The number of benzene rings is 2. The molecule has 0 aliphatic rings. The van der Waals surface area contributed by atoms with E-state index in [1.54, 1.807) is 6.08 Å². The zero-order chi connectivity index (χ0) is 11.2. The van der Waals surface area contributed by atoms with Crippen LogP contribution in [0.3, 0.4) is 0 Å². The molecule has 0 amide bonds. The van der Waals surface area contributed by atoms with Crippen molar-refractivity contribution in [3.63, 3.8) is 0 Å². The minimum Gasteiger partial charge on any atom is -0.384 e. The van der Waals surface area contributed by atoms with Gasteiger partial charge in [-0.15, -0.1) is 0 Å². The fourth-order valence-corrected chi connectivity index (χ4v) is 1.53. The van der Waals surface area contributed by atoms with E-state index in [-0.39, 0.29) is 0 Å². The van der Waals surface area contributed by atoms with Crippen LogP contribution in [0.25, 0.3) is 6.08 Å². The predicted molar refractivity (Wildman–Crippen MR) is 66.9 cm³/mol. The molecule has 1 N–H and O–H groups in total. The Hall–Kier alpha value is -1.86. The van der Waals surface area contributed by atoms with E-state index in [0.29, 0.717) is 0 Å². The molecule has 0 aliphatic carbocycles. The van der Waals surface area contributed by atoms with E-state index >= 15 is 0 Å². The van der Waals surface area contributed by atoms with E-state index < -0.39 is 6.10 Å². The first kappa shape index (κ1) is 10.7. The average Bonchev–Trinajstić information content (AvgIpc) is 2.38. The average molecular weight is 210 g/mol. The lowest BCUT2D eigenvalue weighted by Gasteiger charge is -2.04. The van der Waals surface area contributed by atoms with E-state index in [1.165, 1.54) is 0 Å². The Balaban J connectivity index is 2.08. The van der Waals surface area contributed by atoms with E-state index in [0.717, 1.165) is 11.1 Å². The molecule has 1 atom stereocenters. The highest BCUT2D eigenvalue weighted by Gasteiger charge is 2.00. The molecule has 0 aliphatic heterocycles. The van der Waals surface area contributed by atoms with Crippen LogP contribution < -0.4 is 0 Å². The Labute approximate surface area is 95.7 Å². The summed E-state index contributed by atoms with van der Waals surface area (Å²) in [6, 6.07) is 19.6. The van der Waals surface area contributed by atoms with Crippen LogP contribution in [0, 0.1) is 0 Å². The second-order valence-electron chi connectivity index (χ2n) is 3.63. The molecular weight excluding hydrogens is 196 g/mol. The summed E-state index contributed by atoms with van der Waals surface area (Å²) in [6.07, 6.45) is 3.18. The van der Waals surface area contributed by atoms with Crippen molar-refractivity contribution in [1.82, 2.24) is 0 Å². The molecule has 0 saturated heterocycles. The Morgan fingerprint density at radius 2 is 1.38 bits per heavy atom. The molecule has 0 fully saturated rings. The van der Waals surface area contributed by atoms with Gasteiger partial charge in [0.05, 0.1) is 6.10 Å². The van der Waals surface area contributed by atoms with Crippen LogP contribution >= 0.6 is 0 Å². The largest absolute Gasteiger partial charge is 0.384 e. The topological polar surface area (TPSA) is 20.2 Å². The van der Waals surface area contributed by atoms with Crippen molar-refractivity contribution in [1.29, 1.82) is 0 Å². The number of hydrogen-bond donors (Lipinski definition) is 1. The Bertz CT molecular complexity index is 445. The zero-order valence-corrected chi connectivity index (χ0v) is 8.95. The fraction of sp³-hybridized carbons (Fsp3) is 0.0667. The summed E-state index contributed by atoms with van der Waals surface area (Å²) in [5.74, 6) is 0. The fourth-order valence-electron chi connectivity index (χ4n) is 1.53. The minimum atomic E-state index is -0.540. The second kappa shape index (κ2) is 5.29. The molecule has 0 bridgehead atoms. The van der Waals surface area contributed by atoms with Crippen molar-refractivity contribution in [2.75, 3.05) is 0 Å². The number of aliphatic hydroxyl groups excluding tert-OH is 1. The maximum absolute atomic E-state index is 9.90. The molecular formula is C15H14O. The van der Waals surface area contributed by atoms with Crippen LogP contribution in [0.5, 0.6) is 0 Å². The van der Waals surface area contributed by atoms with E-state index in [1.807, 2.05) is 66.7 Å². The molecule has 16 heavy (non-hydrogen) atoms. The van der Waals surface area contributed by atoms with Crippen LogP contribution in [0.4, 0.5) is 0 Å². The molecule has 0 saturated carbocycles. The van der Waals surface area contributed by atoms with Crippen molar-refractivity contribution in [2.45, 2.75) is 6.10 Å². The smallest absolute Gasteiger partial charge is 0.0975 e. The predicted octanol–water partition coefficient (Wildman–Crippen LogP) is 3.43. The lowest BCUT2D eigenvalue weighted by atomic mass is 10.1. The lowest BCUT2D eigenvalue weighted by Crippen LogP contribution is -1.91. The number of rotatable bonds is 3. The van der Waals surface area contributed by atoms with Crippen LogP contribution in [0.1, 0.15) is 17.2 Å². The highest BCUT2D eigenvalue weighted by Crippen LogP contribution is 2.14. The van der Waals surface area contributed by atoms with Gasteiger partial charge in [0, 0.05) is 0 Å². The van der Waals surface area contributed by atoms with Gasteiger partial charge in [0.25, 0.3) is 0 Å². The molecule has 0 spiro atoms. The lowest BCUT2D eigenvalue weighted by molar-refractivity contribution is 0.229. The van der Waals surface area contributed by atoms with Gasteiger partial charge >= 0.3 is 0 Å². The third-order valence-electron chi connectivity index (χ3n) is 2.41. The quantitative estimate of drug-likeness (QED) is 0.822. The van der Waals surface area contributed by atoms with Crippen molar-refractivity contribution in [3.8, 4) is 0 Å². The summed E-state index contributed by atoms with van der Waals surface area (Å²) in [5, 5.41) is 9.90. The highest BCUT2D eigenvalue weighted by atomic mass is 16.3. The molecule has 1 nitrogen and oxygen atoms in total. The molecule has 80 valence electrons. The third kappa shape index (κ3) is 2.81. The van der Waals surface area contributed by atoms with Crippen molar-refractivity contribution >= 4 is 6.08 Å². The molecule has 2 aromatic carbocycles. The summed E-state index contributed by atoms with van der Waals surface area (Å²) >= 11 is 0. The van der Waals surface area contributed by atoms with Crippen molar-refractivity contribution in [2.24, 2.45) is 0 Å². The second-order valence-corrected chi connectivity index (χ2v) is 3.63. The van der Waals surface area contributed by atoms with Crippen LogP contribution in [0.2, 0.25) is 0 Å². The van der Waals surface area contributed by atoms with Gasteiger partial charge in [-0.05, 0) is 11.1 Å². The monoisotopic (exact) mass is 210 g/mol. The molecule has 1 heteroatoms. The van der Waals surface area contributed by atoms with Crippen molar-refractivity contribution < 1.29 is 5.11 Å². The molecule has 2 rings (SSSR count). The minimum absolute atomic E-state index is 0.540. The van der Waals surface area contributed by atoms with Gasteiger partial charge in [0.15, 0.2) is 0 Å².